The van der Waals surface area contributed by atoms with Crippen LogP contribution in [0.3, 0.4) is 0 Å². The quantitative estimate of drug-likeness (QED) is 0.793. The van der Waals surface area contributed by atoms with Crippen molar-refractivity contribution in [2.45, 2.75) is 46.6 Å². The van der Waals surface area contributed by atoms with Crippen molar-refractivity contribution in [1.29, 1.82) is 0 Å². The third kappa shape index (κ3) is 2.14. The highest BCUT2D eigenvalue weighted by atomic mass is 16.1. The molecule has 1 aromatic carbocycles. The van der Waals surface area contributed by atoms with Crippen LogP contribution in [0.15, 0.2) is 6.07 Å². The number of ketones is 1. The Morgan fingerprint density at radius 2 is 1.76 bits per heavy atom. The molecule has 2 rings (SSSR count). The molecule has 2 heteroatoms. The summed E-state index contributed by atoms with van der Waals surface area (Å²) >= 11 is 0. The first-order valence-electron chi connectivity index (χ1n) is 6.37. The Hall–Kier alpha value is -1.15. The maximum atomic E-state index is 12.5. The van der Waals surface area contributed by atoms with E-state index in [0.29, 0.717) is 0 Å². The molecule has 1 fully saturated rings. The molecule has 1 N–H and O–H groups in total. The second-order valence-electron chi connectivity index (χ2n) is 5.15. The molecular formula is C15H21NO. The van der Waals surface area contributed by atoms with Crippen LogP contribution in [-0.4, -0.2) is 18.4 Å². The van der Waals surface area contributed by atoms with Crippen LogP contribution in [0.5, 0.6) is 0 Å². The van der Waals surface area contributed by atoms with Gasteiger partial charge in [0.1, 0.15) is 0 Å². The molecule has 0 aliphatic carbocycles. The van der Waals surface area contributed by atoms with Crippen molar-refractivity contribution in [1.82, 2.24) is 5.32 Å². The number of rotatable bonds is 2. The maximum absolute atomic E-state index is 12.5. The summed E-state index contributed by atoms with van der Waals surface area (Å²) in [5, 5.41) is 3.30. The second kappa shape index (κ2) is 4.61. The number of carbonyl (C=O) groups is 1. The molecule has 0 saturated carbocycles. The fourth-order valence-corrected chi connectivity index (χ4v) is 2.67. The van der Waals surface area contributed by atoms with Gasteiger partial charge >= 0.3 is 0 Å². The van der Waals surface area contributed by atoms with E-state index >= 15 is 0 Å². The third-order valence-corrected chi connectivity index (χ3v) is 3.99. The van der Waals surface area contributed by atoms with Crippen LogP contribution in [0.25, 0.3) is 0 Å². The fraction of sp³-hybridized carbons (Fsp3) is 0.533. The van der Waals surface area contributed by atoms with Crippen LogP contribution in [0.1, 0.15) is 45.5 Å². The first kappa shape index (κ1) is 12.3. The summed E-state index contributed by atoms with van der Waals surface area (Å²) in [5.41, 5.74) is 5.67. The molecule has 0 amide bonds. The van der Waals surface area contributed by atoms with Gasteiger partial charge in [-0.15, -0.1) is 0 Å². The van der Waals surface area contributed by atoms with Gasteiger partial charge in [0.05, 0.1) is 6.04 Å². The Labute approximate surface area is 103 Å². The normalized spacial score (nSPS) is 19.6. The summed E-state index contributed by atoms with van der Waals surface area (Å²) < 4.78 is 0. The summed E-state index contributed by atoms with van der Waals surface area (Å²) in [5.74, 6) is 0.282. The second-order valence-corrected chi connectivity index (χ2v) is 5.15. The molecule has 17 heavy (non-hydrogen) atoms. The van der Waals surface area contributed by atoms with E-state index in [2.05, 4.69) is 39.1 Å². The molecule has 0 aromatic heterocycles. The number of hydrogen-bond donors (Lipinski definition) is 1. The van der Waals surface area contributed by atoms with Gasteiger partial charge < -0.3 is 5.32 Å². The van der Waals surface area contributed by atoms with Crippen molar-refractivity contribution in [2.75, 3.05) is 6.54 Å². The van der Waals surface area contributed by atoms with Crippen LogP contribution < -0.4 is 5.32 Å². The Morgan fingerprint density at radius 1 is 1.18 bits per heavy atom. The number of aryl methyl sites for hydroxylation is 2. The molecule has 0 spiro atoms. The molecule has 1 aromatic rings. The van der Waals surface area contributed by atoms with Crippen molar-refractivity contribution in [3.05, 3.63) is 33.9 Å². The lowest BCUT2D eigenvalue weighted by Crippen LogP contribution is -2.32. The van der Waals surface area contributed by atoms with Gasteiger partial charge in [-0.1, -0.05) is 6.07 Å². The highest BCUT2D eigenvalue weighted by Gasteiger charge is 2.26. The van der Waals surface area contributed by atoms with Gasteiger partial charge in [-0.2, -0.15) is 0 Å². The number of hydrogen-bond acceptors (Lipinski definition) is 2. The average Bonchev–Trinajstić information content (AvgIpc) is 2.80. The van der Waals surface area contributed by atoms with E-state index in [1.807, 2.05) is 0 Å². The zero-order valence-corrected chi connectivity index (χ0v) is 11.2. The Kier molecular flexibility index (Phi) is 3.34. The maximum Gasteiger partial charge on any atom is 0.180 e. The molecule has 1 unspecified atom stereocenters. The zero-order chi connectivity index (χ0) is 12.6. The number of Topliss-reactive ketones (excluding diaryl/α,β-unsaturated/α-hetero) is 1. The molecule has 0 radical (unpaired) electrons. The van der Waals surface area contributed by atoms with E-state index in [4.69, 9.17) is 0 Å². The van der Waals surface area contributed by atoms with Gasteiger partial charge in [0.25, 0.3) is 0 Å². The molecule has 1 aliphatic rings. The van der Waals surface area contributed by atoms with Crippen molar-refractivity contribution in [3.63, 3.8) is 0 Å². The lowest BCUT2D eigenvalue weighted by atomic mass is 9.89. The minimum absolute atomic E-state index is 0.0357. The van der Waals surface area contributed by atoms with Crippen LogP contribution in [0.2, 0.25) is 0 Å². The molecule has 1 aliphatic heterocycles. The zero-order valence-electron chi connectivity index (χ0n) is 11.2. The van der Waals surface area contributed by atoms with E-state index in [-0.39, 0.29) is 11.8 Å². The van der Waals surface area contributed by atoms with Gasteiger partial charge in [0.15, 0.2) is 5.78 Å². The van der Waals surface area contributed by atoms with E-state index < -0.39 is 0 Å². The van der Waals surface area contributed by atoms with E-state index in [0.717, 1.165) is 36.1 Å². The van der Waals surface area contributed by atoms with Gasteiger partial charge in [-0.3, -0.25) is 4.79 Å². The third-order valence-electron chi connectivity index (χ3n) is 3.99. The van der Waals surface area contributed by atoms with Crippen molar-refractivity contribution in [3.8, 4) is 0 Å². The SMILES string of the molecule is Cc1cc(C)c(C)c(C(=O)C2CCCN2)c1C. The van der Waals surface area contributed by atoms with E-state index in [1.54, 1.807) is 0 Å². The molecule has 92 valence electrons. The number of nitrogens with one attached hydrogen (secondary N) is 1. The smallest absolute Gasteiger partial charge is 0.180 e. The van der Waals surface area contributed by atoms with E-state index in [1.165, 1.54) is 11.1 Å². The molecule has 1 saturated heterocycles. The first-order valence-corrected chi connectivity index (χ1v) is 6.37. The lowest BCUT2D eigenvalue weighted by Gasteiger charge is -2.17. The van der Waals surface area contributed by atoms with E-state index in [9.17, 15) is 4.79 Å². The van der Waals surface area contributed by atoms with Gasteiger partial charge in [-0.05, 0) is 69.3 Å². The highest BCUT2D eigenvalue weighted by Crippen LogP contribution is 2.24. The van der Waals surface area contributed by atoms with Gasteiger partial charge in [-0.25, -0.2) is 0 Å². The highest BCUT2D eigenvalue weighted by molar-refractivity contribution is 6.03. The molecule has 2 nitrogen and oxygen atoms in total. The summed E-state index contributed by atoms with van der Waals surface area (Å²) in [6.07, 6.45) is 2.09. The van der Waals surface area contributed by atoms with Crippen molar-refractivity contribution in [2.24, 2.45) is 0 Å². The predicted octanol–water partition coefficient (Wildman–Crippen LogP) is 2.85. The standard InChI is InChI=1S/C15H21NO/c1-9-8-10(2)12(4)14(11(9)3)15(17)13-6-5-7-16-13/h8,13,16H,5-7H2,1-4H3. The average molecular weight is 231 g/mol. The first-order chi connectivity index (χ1) is 8.02. The Morgan fingerprint density at radius 3 is 2.24 bits per heavy atom. The van der Waals surface area contributed by atoms with Crippen molar-refractivity contribution >= 4 is 5.78 Å². The fourth-order valence-electron chi connectivity index (χ4n) is 2.67. The molecule has 1 atom stereocenters. The predicted molar refractivity (Wildman–Crippen MR) is 70.7 cm³/mol. The molecule has 0 bridgehead atoms. The Balaban J connectivity index is 2.46. The summed E-state index contributed by atoms with van der Waals surface area (Å²) in [6.45, 7) is 9.26. The van der Waals surface area contributed by atoms with Crippen LogP contribution in [0.4, 0.5) is 0 Å². The Bertz CT molecular complexity index is 430. The monoisotopic (exact) mass is 231 g/mol. The topological polar surface area (TPSA) is 29.1 Å². The number of carbonyl (C=O) groups excluding carboxylic acids is 1. The minimum Gasteiger partial charge on any atom is -0.307 e. The summed E-state index contributed by atoms with van der Waals surface area (Å²) in [4.78, 5) is 12.5. The number of benzene rings is 1. The summed E-state index contributed by atoms with van der Waals surface area (Å²) in [7, 11) is 0. The van der Waals surface area contributed by atoms with Gasteiger partial charge in [0, 0.05) is 5.56 Å². The lowest BCUT2D eigenvalue weighted by molar-refractivity contribution is 0.0951. The van der Waals surface area contributed by atoms with Crippen LogP contribution in [-0.2, 0) is 0 Å². The minimum atomic E-state index is 0.0357. The molecule has 1 heterocycles. The molecular weight excluding hydrogens is 210 g/mol. The van der Waals surface area contributed by atoms with Crippen molar-refractivity contribution < 1.29 is 4.79 Å². The van der Waals surface area contributed by atoms with Crippen LogP contribution >= 0.6 is 0 Å². The van der Waals surface area contributed by atoms with Crippen LogP contribution in [0, 0.1) is 27.7 Å². The largest absolute Gasteiger partial charge is 0.307 e. The summed E-state index contributed by atoms with van der Waals surface area (Å²) in [6, 6.07) is 2.21. The van der Waals surface area contributed by atoms with Gasteiger partial charge in [0.2, 0.25) is 0 Å².